The molecule has 2 rings (SSSR count). The Morgan fingerprint density at radius 1 is 1.37 bits per heavy atom. The zero-order valence-electron chi connectivity index (χ0n) is 12.3. The fourth-order valence-corrected chi connectivity index (χ4v) is 3.25. The molecule has 0 bridgehead atoms. The molecule has 0 saturated heterocycles. The van der Waals surface area contributed by atoms with Crippen molar-refractivity contribution in [2.75, 3.05) is 12.8 Å². The Balaban J connectivity index is 2.01. The minimum absolute atomic E-state index is 0.143. The highest BCUT2D eigenvalue weighted by atomic mass is 32.2. The number of rotatable bonds is 3. The van der Waals surface area contributed by atoms with Gasteiger partial charge in [0.05, 0.1) is 11.8 Å². The predicted octanol–water partition coefficient (Wildman–Crippen LogP) is 3.66. The van der Waals surface area contributed by atoms with Gasteiger partial charge in [0, 0.05) is 11.8 Å². The van der Waals surface area contributed by atoms with Crippen LogP contribution in [-0.2, 0) is 11.2 Å². The summed E-state index contributed by atoms with van der Waals surface area (Å²) in [7, 11) is 1.94. The first kappa shape index (κ1) is 14.4. The van der Waals surface area contributed by atoms with Crippen LogP contribution in [0.5, 0.6) is 0 Å². The van der Waals surface area contributed by atoms with Crippen LogP contribution in [0.1, 0.15) is 44.4 Å². The largest absolute Gasteiger partial charge is 0.338 e. The molecule has 1 aromatic rings. The average Bonchev–Trinajstić information content (AvgIpc) is 2.78. The molecule has 0 spiro atoms. The predicted molar refractivity (Wildman–Crippen MR) is 82.5 cm³/mol. The van der Waals surface area contributed by atoms with E-state index in [-0.39, 0.29) is 16.7 Å². The summed E-state index contributed by atoms with van der Waals surface area (Å²) in [5.74, 6) is 0.806. The van der Waals surface area contributed by atoms with Crippen LogP contribution in [0.4, 0.5) is 0 Å². The van der Waals surface area contributed by atoms with Gasteiger partial charge in [0.2, 0.25) is 5.91 Å². The first-order valence-corrected chi connectivity index (χ1v) is 7.84. The highest BCUT2D eigenvalue weighted by Crippen LogP contribution is 2.35. The lowest BCUT2D eigenvalue weighted by Gasteiger charge is -2.27. The number of nitrogens with zero attached hydrogens (tertiary/aromatic N) is 1. The molecule has 0 aliphatic heterocycles. The van der Waals surface area contributed by atoms with E-state index in [9.17, 15) is 4.79 Å². The van der Waals surface area contributed by atoms with Gasteiger partial charge >= 0.3 is 0 Å². The van der Waals surface area contributed by atoms with Gasteiger partial charge in [-0.3, -0.25) is 4.79 Å². The second kappa shape index (κ2) is 5.58. The lowest BCUT2D eigenvalue weighted by molar-refractivity contribution is -0.129. The molecule has 1 unspecified atom stereocenters. The van der Waals surface area contributed by atoms with Gasteiger partial charge in [-0.2, -0.15) is 0 Å². The van der Waals surface area contributed by atoms with E-state index in [4.69, 9.17) is 0 Å². The maximum atomic E-state index is 12.3. The third-order valence-corrected chi connectivity index (χ3v) is 4.85. The summed E-state index contributed by atoms with van der Waals surface area (Å²) in [6.07, 6.45) is 2.15. The van der Waals surface area contributed by atoms with E-state index < -0.39 is 0 Å². The maximum absolute atomic E-state index is 12.3. The first-order valence-electron chi connectivity index (χ1n) is 6.86. The standard InChI is InChI=1S/C16H23NOS/c1-16(2,3)19-11-15(18)17(4)14-10-9-12-7-5-6-8-13(12)14/h5-8,14H,9-11H2,1-4H3. The van der Waals surface area contributed by atoms with E-state index in [0.717, 1.165) is 12.8 Å². The molecule has 1 aliphatic carbocycles. The number of hydrogen-bond acceptors (Lipinski definition) is 2. The second-order valence-electron chi connectivity index (χ2n) is 6.16. The highest BCUT2D eigenvalue weighted by Gasteiger charge is 2.28. The van der Waals surface area contributed by atoms with Crippen LogP contribution in [0.25, 0.3) is 0 Å². The molecule has 0 heterocycles. The van der Waals surface area contributed by atoms with Gasteiger partial charge in [0.15, 0.2) is 0 Å². The molecule has 1 atom stereocenters. The van der Waals surface area contributed by atoms with Crippen LogP contribution < -0.4 is 0 Å². The molecule has 1 aliphatic rings. The number of fused-ring (bicyclic) bond motifs is 1. The highest BCUT2D eigenvalue weighted by molar-refractivity contribution is 8.01. The van der Waals surface area contributed by atoms with Crippen LogP contribution >= 0.6 is 11.8 Å². The van der Waals surface area contributed by atoms with E-state index in [1.165, 1.54) is 11.1 Å². The molecular formula is C16H23NOS. The molecule has 104 valence electrons. The summed E-state index contributed by atoms with van der Waals surface area (Å²) in [5, 5.41) is 0. The monoisotopic (exact) mass is 277 g/mol. The smallest absolute Gasteiger partial charge is 0.232 e. The summed E-state index contributed by atoms with van der Waals surface area (Å²) in [5.41, 5.74) is 2.73. The van der Waals surface area contributed by atoms with Crippen molar-refractivity contribution in [3.05, 3.63) is 35.4 Å². The number of hydrogen-bond donors (Lipinski definition) is 0. The zero-order valence-corrected chi connectivity index (χ0v) is 13.1. The van der Waals surface area contributed by atoms with Crippen LogP contribution in [0.2, 0.25) is 0 Å². The van der Waals surface area contributed by atoms with E-state index in [1.54, 1.807) is 11.8 Å². The molecule has 2 nitrogen and oxygen atoms in total. The van der Waals surface area contributed by atoms with E-state index in [1.807, 2.05) is 11.9 Å². The Hall–Kier alpha value is -0.960. The molecule has 1 aromatic carbocycles. The van der Waals surface area contributed by atoms with Crippen LogP contribution in [0.15, 0.2) is 24.3 Å². The third kappa shape index (κ3) is 3.53. The first-order chi connectivity index (χ1) is 8.88. The van der Waals surface area contributed by atoms with Crippen molar-refractivity contribution in [1.82, 2.24) is 4.90 Å². The van der Waals surface area contributed by atoms with Crippen molar-refractivity contribution >= 4 is 17.7 Å². The number of amides is 1. The Morgan fingerprint density at radius 3 is 2.74 bits per heavy atom. The second-order valence-corrected chi connectivity index (χ2v) is 7.96. The Kier molecular flexibility index (Phi) is 4.24. The number of aryl methyl sites for hydroxylation is 1. The molecule has 3 heteroatoms. The van der Waals surface area contributed by atoms with Crippen molar-refractivity contribution in [2.45, 2.75) is 44.4 Å². The summed E-state index contributed by atoms with van der Waals surface area (Å²) < 4.78 is 0.143. The van der Waals surface area contributed by atoms with Crippen molar-refractivity contribution in [3.8, 4) is 0 Å². The summed E-state index contributed by atoms with van der Waals surface area (Å²) in [4.78, 5) is 14.2. The number of thioether (sulfide) groups is 1. The van der Waals surface area contributed by atoms with Crippen LogP contribution in [0.3, 0.4) is 0 Å². The van der Waals surface area contributed by atoms with Gasteiger partial charge in [-0.15, -0.1) is 11.8 Å². The molecule has 19 heavy (non-hydrogen) atoms. The summed E-state index contributed by atoms with van der Waals surface area (Å²) in [6.45, 7) is 6.45. The van der Waals surface area contributed by atoms with Gasteiger partial charge in [0.25, 0.3) is 0 Å². The maximum Gasteiger partial charge on any atom is 0.232 e. The molecule has 0 aromatic heterocycles. The Bertz CT molecular complexity index is 464. The fourth-order valence-electron chi connectivity index (χ4n) is 2.49. The quantitative estimate of drug-likeness (QED) is 0.840. The van der Waals surface area contributed by atoms with Crippen molar-refractivity contribution in [2.24, 2.45) is 0 Å². The van der Waals surface area contributed by atoms with Gasteiger partial charge in [-0.05, 0) is 24.0 Å². The minimum atomic E-state index is 0.143. The number of carbonyl (C=O) groups excluding carboxylic acids is 1. The van der Waals surface area contributed by atoms with E-state index in [2.05, 4.69) is 45.0 Å². The number of benzene rings is 1. The lowest BCUT2D eigenvalue weighted by Crippen LogP contribution is -2.32. The normalized spacial score (nSPS) is 18.2. The molecule has 0 N–H and O–H groups in total. The zero-order chi connectivity index (χ0) is 14.0. The van der Waals surface area contributed by atoms with Crippen molar-refractivity contribution < 1.29 is 4.79 Å². The Morgan fingerprint density at radius 2 is 2.05 bits per heavy atom. The van der Waals surface area contributed by atoms with Gasteiger partial charge < -0.3 is 4.90 Å². The lowest BCUT2D eigenvalue weighted by atomic mass is 10.1. The van der Waals surface area contributed by atoms with E-state index >= 15 is 0 Å². The third-order valence-electron chi connectivity index (χ3n) is 3.59. The topological polar surface area (TPSA) is 20.3 Å². The molecule has 0 radical (unpaired) electrons. The summed E-state index contributed by atoms with van der Waals surface area (Å²) >= 11 is 1.72. The Labute approximate surface area is 120 Å². The fraction of sp³-hybridized carbons (Fsp3) is 0.562. The summed E-state index contributed by atoms with van der Waals surface area (Å²) in [6, 6.07) is 8.76. The van der Waals surface area contributed by atoms with Gasteiger partial charge in [-0.1, -0.05) is 45.0 Å². The SMILES string of the molecule is CN(C(=O)CSC(C)(C)C)C1CCc2ccccc21. The number of carbonyl (C=O) groups is 1. The minimum Gasteiger partial charge on any atom is -0.338 e. The van der Waals surface area contributed by atoms with Gasteiger partial charge in [0.1, 0.15) is 0 Å². The van der Waals surface area contributed by atoms with Crippen molar-refractivity contribution in [3.63, 3.8) is 0 Å². The average molecular weight is 277 g/mol. The molecule has 0 saturated carbocycles. The van der Waals surface area contributed by atoms with Crippen LogP contribution in [0, 0.1) is 0 Å². The molecular weight excluding hydrogens is 254 g/mol. The molecule has 1 amide bonds. The van der Waals surface area contributed by atoms with Crippen molar-refractivity contribution in [1.29, 1.82) is 0 Å². The van der Waals surface area contributed by atoms with Crippen LogP contribution in [-0.4, -0.2) is 28.4 Å². The van der Waals surface area contributed by atoms with E-state index in [0.29, 0.717) is 5.75 Å². The molecule has 0 fully saturated rings. The van der Waals surface area contributed by atoms with Gasteiger partial charge in [-0.25, -0.2) is 0 Å².